The number of halogens is 2. The molecule has 2 fully saturated rings. The Hall–Kier alpha value is -3.02. The zero-order valence-corrected chi connectivity index (χ0v) is 23.1. The molecule has 0 aliphatic carbocycles. The molecule has 0 spiro atoms. The van der Waals surface area contributed by atoms with Crippen LogP contribution in [0.4, 0.5) is 5.95 Å². The predicted molar refractivity (Wildman–Crippen MR) is 149 cm³/mol. The molecule has 4 heterocycles. The summed E-state index contributed by atoms with van der Waals surface area (Å²) in [7, 11) is 2.11. The zero-order chi connectivity index (χ0) is 27.4. The number of carboxylic acids is 1. The largest absolute Gasteiger partial charge is 0.480 e. The highest BCUT2D eigenvalue weighted by atomic mass is 35.5. The third-order valence-electron chi connectivity index (χ3n) is 6.72. The molecule has 2 saturated heterocycles. The number of ether oxygens (including phenoxy) is 2. The van der Waals surface area contributed by atoms with Gasteiger partial charge in [-0.2, -0.15) is 0 Å². The van der Waals surface area contributed by atoms with Crippen LogP contribution < -0.4 is 9.64 Å². The standard InChI is InChI=1S/C27H30Cl2N6O4/c1-33-4-6-35(7-5-33)27-30-13-23(14-31-27)39-25-9-18(15-34-3-2-22(16-34)38-17-26(36)37)8-24(32-25)19-10-20(28)12-21(29)11-19/h8-14,22H,2-7,15-17H2,1H3,(H,36,37)/t22-/m0/s1. The lowest BCUT2D eigenvalue weighted by Crippen LogP contribution is -2.45. The van der Waals surface area contributed by atoms with E-state index in [4.69, 9.17) is 42.8 Å². The van der Waals surface area contributed by atoms with Crippen molar-refractivity contribution in [3.8, 4) is 22.9 Å². The molecular weight excluding hydrogens is 543 g/mol. The number of aromatic nitrogens is 3. The molecule has 2 aromatic heterocycles. The second-order valence-corrected chi connectivity index (χ2v) is 10.7. The van der Waals surface area contributed by atoms with Gasteiger partial charge in [0.2, 0.25) is 11.8 Å². The maximum atomic E-state index is 10.9. The number of anilines is 1. The first-order chi connectivity index (χ1) is 18.8. The van der Waals surface area contributed by atoms with Crippen molar-refractivity contribution in [2.75, 3.05) is 57.8 Å². The monoisotopic (exact) mass is 572 g/mol. The number of piperazine rings is 1. The zero-order valence-electron chi connectivity index (χ0n) is 21.6. The van der Waals surface area contributed by atoms with Gasteiger partial charge in [-0.1, -0.05) is 23.2 Å². The molecule has 2 aliphatic heterocycles. The second-order valence-electron chi connectivity index (χ2n) is 9.82. The Balaban J connectivity index is 1.35. The summed E-state index contributed by atoms with van der Waals surface area (Å²) in [4.78, 5) is 31.3. The summed E-state index contributed by atoms with van der Waals surface area (Å²) < 4.78 is 11.6. The predicted octanol–water partition coefficient (Wildman–Crippen LogP) is 4.07. The smallest absolute Gasteiger partial charge is 0.329 e. The first-order valence-corrected chi connectivity index (χ1v) is 13.5. The Kier molecular flexibility index (Phi) is 8.79. The summed E-state index contributed by atoms with van der Waals surface area (Å²) in [6.07, 6.45) is 3.99. The number of carbonyl (C=O) groups is 1. The third-order valence-corrected chi connectivity index (χ3v) is 7.16. The molecule has 206 valence electrons. The average Bonchev–Trinajstić information content (AvgIpc) is 3.35. The van der Waals surface area contributed by atoms with Crippen LogP contribution >= 0.6 is 23.2 Å². The minimum absolute atomic E-state index is 0.110. The van der Waals surface area contributed by atoms with Gasteiger partial charge < -0.3 is 24.4 Å². The Morgan fingerprint density at radius 2 is 1.74 bits per heavy atom. The minimum atomic E-state index is -0.963. The van der Waals surface area contributed by atoms with Crippen LogP contribution in [0.2, 0.25) is 10.0 Å². The number of nitrogens with zero attached hydrogens (tertiary/aromatic N) is 6. The fourth-order valence-corrected chi connectivity index (χ4v) is 5.26. The van der Waals surface area contributed by atoms with Gasteiger partial charge in [0.05, 0.1) is 24.2 Å². The van der Waals surface area contributed by atoms with Crippen LogP contribution in [-0.2, 0) is 16.1 Å². The summed E-state index contributed by atoms with van der Waals surface area (Å²) in [6, 6.07) is 9.16. The number of rotatable bonds is 9. The minimum Gasteiger partial charge on any atom is -0.480 e. The molecule has 2 aliphatic rings. The summed E-state index contributed by atoms with van der Waals surface area (Å²) >= 11 is 12.5. The highest BCUT2D eigenvalue weighted by Gasteiger charge is 2.24. The number of likely N-dealkylation sites (tertiary alicyclic amines) is 1. The van der Waals surface area contributed by atoms with E-state index in [0.717, 1.165) is 50.3 Å². The first-order valence-electron chi connectivity index (χ1n) is 12.8. The van der Waals surface area contributed by atoms with Crippen LogP contribution in [0.25, 0.3) is 11.3 Å². The van der Waals surface area contributed by atoms with Gasteiger partial charge in [-0.25, -0.2) is 19.7 Å². The summed E-state index contributed by atoms with van der Waals surface area (Å²) in [5, 5.41) is 9.93. The topological polar surface area (TPSA) is 104 Å². The van der Waals surface area contributed by atoms with Gasteiger partial charge in [-0.3, -0.25) is 4.90 Å². The van der Waals surface area contributed by atoms with E-state index in [1.807, 2.05) is 24.3 Å². The van der Waals surface area contributed by atoms with E-state index >= 15 is 0 Å². The van der Waals surface area contributed by atoms with Crippen molar-refractivity contribution < 1.29 is 19.4 Å². The normalized spacial score (nSPS) is 18.4. The van der Waals surface area contributed by atoms with E-state index < -0.39 is 5.97 Å². The van der Waals surface area contributed by atoms with Crippen molar-refractivity contribution >= 4 is 35.1 Å². The van der Waals surface area contributed by atoms with E-state index in [-0.39, 0.29) is 12.7 Å². The Labute approximate surface area is 237 Å². The van der Waals surface area contributed by atoms with E-state index in [2.05, 4.69) is 31.7 Å². The number of hydrogen-bond acceptors (Lipinski definition) is 9. The van der Waals surface area contributed by atoms with Crippen molar-refractivity contribution in [1.82, 2.24) is 24.8 Å². The first kappa shape index (κ1) is 27.5. The maximum absolute atomic E-state index is 10.9. The molecule has 39 heavy (non-hydrogen) atoms. The fourth-order valence-electron chi connectivity index (χ4n) is 4.73. The number of benzene rings is 1. The van der Waals surface area contributed by atoms with Crippen LogP contribution in [0.1, 0.15) is 12.0 Å². The molecule has 10 nitrogen and oxygen atoms in total. The molecule has 0 saturated carbocycles. The maximum Gasteiger partial charge on any atom is 0.329 e. The van der Waals surface area contributed by atoms with Crippen LogP contribution in [0.15, 0.2) is 42.7 Å². The van der Waals surface area contributed by atoms with Gasteiger partial charge in [-0.15, -0.1) is 0 Å². The molecule has 3 aromatic rings. The molecule has 1 atom stereocenters. The lowest BCUT2D eigenvalue weighted by atomic mass is 10.1. The molecule has 12 heteroatoms. The van der Waals surface area contributed by atoms with Crippen molar-refractivity contribution in [2.24, 2.45) is 0 Å². The second kappa shape index (κ2) is 12.4. The van der Waals surface area contributed by atoms with Gasteiger partial charge >= 0.3 is 5.97 Å². The van der Waals surface area contributed by atoms with E-state index in [1.54, 1.807) is 18.5 Å². The molecule has 0 amide bonds. The van der Waals surface area contributed by atoms with Crippen LogP contribution in [0, 0.1) is 0 Å². The number of pyridine rings is 1. The molecule has 5 rings (SSSR count). The van der Waals surface area contributed by atoms with Crippen molar-refractivity contribution in [2.45, 2.75) is 19.1 Å². The summed E-state index contributed by atoms with van der Waals surface area (Å²) in [6.45, 7) is 5.47. The SMILES string of the molecule is CN1CCN(c2ncc(Oc3cc(CN4CC[C@H](OCC(=O)O)C4)cc(-c4cc(Cl)cc(Cl)c4)n3)cn2)CC1. The van der Waals surface area contributed by atoms with E-state index in [9.17, 15) is 4.79 Å². The highest BCUT2D eigenvalue weighted by Crippen LogP contribution is 2.30. The number of aliphatic carboxylic acids is 1. The van der Waals surface area contributed by atoms with Crippen molar-refractivity contribution in [3.63, 3.8) is 0 Å². The van der Waals surface area contributed by atoms with Gasteiger partial charge in [0.1, 0.15) is 6.61 Å². The summed E-state index contributed by atoms with van der Waals surface area (Å²) in [5.74, 6) is 0.596. The Bertz CT molecular complexity index is 1280. The molecule has 1 N–H and O–H groups in total. The van der Waals surface area contributed by atoms with Crippen molar-refractivity contribution in [3.05, 3.63) is 58.3 Å². The van der Waals surface area contributed by atoms with E-state index in [1.165, 1.54) is 0 Å². The van der Waals surface area contributed by atoms with Gasteiger partial charge in [0.15, 0.2) is 5.75 Å². The molecule has 0 radical (unpaired) electrons. The summed E-state index contributed by atoms with van der Waals surface area (Å²) in [5.41, 5.74) is 2.41. The average molecular weight is 573 g/mol. The Morgan fingerprint density at radius 1 is 1.03 bits per heavy atom. The fraction of sp³-hybridized carbons (Fsp3) is 0.407. The highest BCUT2D eigenvalue weighted by molar-refractivity contribution is 6.35. The lowest BCUT2D eigenvalue weighted by molar-refractivity contribution is -0.144. The van der Waals surface area contributed by atoms with Crippen LogP contribution in [0.3, 0.4) is 0 Å². The van der Waals surface area contributed by atoms with Crippen LogP contribution in [-0.4, -0.2) is 94.9 Å². The van der Waals surface area contributed by atoms with Gasteiger partial charge in [0.25, 0.3) is 0 Å². The lowest BCUT2D eigenvalue weighted by Gasteiger charge is -2.32. The number of carboxylic acid groups (broad SMARTS) is 1. The van der Waals surface area contributed by atoms with E-state index in [0.29, 0.717) is 46.4 Å². The molecule has 0 unspecified atom stereocenters. The quantitative estimate of drug-likeness (QED) is 0.403. The Morgan fingerprint density at radius 3 is 2.44 bits per heavy atom. The van der Waals surface area contributed by atoms with Crippen molar-refractivity contribution in [1.29, 1.82) is 0 Å². The van der Waals surface area contributed by atoms with Gasteiger partial charge in [0, 0.05) is 67.5 Å². The number of hydrogen-bond donors (Lipinski definition) is 1. The molecule has 0 bridgehead atoms. The molecular formula is C27H30Cl2N6O4. The third kappa shape index (κ3) is 7.55. The molecule has 1 aromatic carbocycles. The number of likely N-dealkylation sites (N-methyl/N-ethyl adjacent to an activating group) is 1. The van der Waals surface area contributed by atoms with Crippen LogP contribution in [0.5, 0.6) is 11.6 Å². The van der Waals surface area contributed by atoms with Gasteiger partial charge in [-0.05, 0) is 43.3 Å².